The van der Waals surface area contributed by atoms with Gasteiger partial charge in [0.25, 0.3) is 0 Å². The number of unbranched alkanes of at least 4 members (excludes halogenated alkanes) is 3. The molecule has 0 aliphatic carbocycles. The van der Waals surface area contributed by atoms with Crippen molar-refractivity contribution in [1.29, 1.82) is 0 Å². The largest absolute Gasteiger partial charge is 0.419 e. The highest BCUT2D eigenvalue weighted by atomic mass is 28.2. The van der Waals surface area contributed by atoms with E-state index >= 15 is 0 Å². The molecule has 63 valence electrons. The molecule has 3 radical (unpaired) electrons. The third-order valence-electron chi connectivity index (χ3n) is 1.51. The first-order chi connectivity index (χ1) is 5.41. The van der Waals surface area contributed by atoms with Gasteiger partial charge in [-0.2, -0.15) is 0 Å². The van der Waals surface area contributed by atoms with Crippen LogP contribution in [0.2, 0.25) is 0 Å². The molecule has 2 heteroatoms. The van der Waals surface area contributed by atoms with Crippen molar-refractivity contribution in [2.24, 2.45) is 0 Å². The summed E-state index contributed by atoms with van der Waals surface area (Å²) in [5, 5.41) is 0. The van der Waals surface area contributed by atoms with E-state index in [1.807, 2.05) is 0 Å². The van der Waals surface area contributed by atoms with Gasteiger partial charge >= 0.3 is 0 Å². The standard InChI is InChI=1S/C9H17OSi/c1-2-3-4-5-6-7-8-9-10-11/h5-6H,2-4,7-9H2,1H3. The van der Waals surface area contributed by atoms with Crippen LogP contribution in [0.4, 0.5) is 0 Å². The van der Waals surface area contributed by atoms with E-state index in [4.69, 9.17) is 4.43 Å². The maximum atomic E-state index is 4.74. The fraction of sp³-hybridized carbons (Fsp3) is 0.778. The molecule has 0 aromatic carbocycles. The van der Waals surface area contributed by atoms with E-state index in [0.29, 0.717) is 0 Å². The first kappa shape index (κ1) is 10.9. The highest BCUT2D eigenvalue weighted by Gasteiger charge is 1.81. The van der Waals surface area contributed by atoms with Crippen LogP contribution in [0.3, 0.4) is 0 Å². The number of hydrogen-bond acceptors (Lipinski definition) is 1. The molecule has 1 nitrogen and oxygen atoms in total. The Balaban J connectivity index is 2.91. The van der Waals surface area contributed by atoms with Crippen molar-refractivity contribution in [3.05, 3.63) is 12.2 Å². The summed E-state index contributed by atoms with van der Waals surface area (Å²) in [5.74, 6) is 0. The van der Waals surface area contributed by atoms with Gasteiger partial charge in [0, 0.05) is 6.61 Å². The Hall–Kier alpha value is -0.0831. The van der Waals surface area contributed by atoms with E-state index in [-0.39, 0.29) is 0 Å². The second-order valence-electron chi connectivity index (χ2n) is 2.60. The minimum atomic E-state index is 0.801. The van der Waals surface area contributed by atoms with Crippen molar-refractivity contribution in [2.45, 2.75) is 39.0 Å². The Labute approximate surface area is 73.4 Å². The summed E-state index contributed by atoms with van der Waals surface area (Å²) in [5.41, 5.74) is 0. The summed E-state index contributed by atoms with van der Waals surface area (Å²) in [6, 6.07) is 0. The van der Waals surface area contributed by atoms with Gasteiger partial charge in [-0.3, -0.25) is 0 Å². The van der Waals surface area contributed by atoms with Gasteiger partial charge < -0.3 is 4.43 Å². The summed E-state index contributed by atoms with van der Waals surface area (Å²) < 4.78 is 4.74. The molecule has 0 amide bonds. The van der Waals surface area contributed by atoms with Crippen molar-refractivity contribution in [1.82, 2.24) is 0 Å². The highest BCUT2D eigenvalue weighted by Crippen LogP contribution is 1.97. The van der Waals surface area contributed by atoms with Crippen LogP contribution in [0.5, 0.6) is 0 Å². The van der Waals surface area contributed by atoms with Crippen molar-refractivity contribution < 1.29 is 4.43 Å². The van der Waals surface area contributed by atoms with Crippen LogP contribution < -0.4 is 0 Å². The van der Waals surface area contributed by atoms with Gasteiger partial charge in [0.2, 0.25) is 10.5 Å². The maximum Gasteiger partial charge on any atom is 0.246 e. The molecule has 0 bridgehead atoms. The molecule has 0 aliphatic rings. The molecule has 0 N–H and O–H groups in total. The lowest BCUT2D eigenvalue weighted by atomic mass is 10.2. The van der Waals surface area contributed by atoms with Crippen molar-refractivity contribution in [3.63, 3.8) is 0 Å². The molecular weight excluding hydrogens is 152 g/mol. The molecule has 0 saturated carbocycles. The lowest BCUT2D eigenvalue weighted by Gasteiger charge is -1.93. The van der Waals surface area contributed by atoms with Crippen LogP contribution >= 0.6 is 0 Å². The van der Waals surface area contributed by atoms with Gasteiger partial charge in [0.15, 0.2) is 0 Å². The average Bonchev–Trinajstić information content (AvgIpc) is 2.03. The average molecular weight is 169 g/mol. The molecule has 0 aliphatic heterocycles. The van der Waals surface area contributed by atoms with Crippen molar-refractivity contribution in [3.8, 4) is 0 Å². The van der Waals surface area contributed by atoms with E-state index in [9.17, 15) is 0 Å². The summed E-state index contributed by atoms with van der Waals surface area (Å²) >= 11 is 0. The summed E-state index contributed by atoms with van der Waals surface area (Å²) in [6.07, 6.45) is 10.6. The normalized spacial score (nSPS) is 11.1. The molecule has 0 spiro atoms. The molecule has 0 fully saturated rings. The van der Waals surface area contributed by atoms with Crippen LogP contribution in [0.1, 0.15) is 39.0 Å². The Morgan fingerprint density at radius 1 is 1.18 bits per heavy atom. The lowest BCUT2D eigenvalue weighted by Crippen LogP contribution is -1.87. The summed E-state index contributed by atoms with van der Waals surface area (Å²) in [4.78, 5) is 0. The molecule has 0 aromatic heterocycles. The number of allylic oxidation sites excluding steroid dienone is 2. The van der Waals surface area contributed by atoms with Gasteiger partial charge in [0.1, 0.15) is 0 Å². The third kappa shape index (κ3) is 9.92. The summed E-state index contributed by atoms with van der Waals surface area (Å²) in [6.45, 7) is 3.02. The van der Waals surface area contributed by atoms with Crippen LogP contribution in [0, 0.1) is 0 Å². The monoisotopic (exact) mass is 169 g/mol. The number of hydrogen-bond donors (Lipinski definition) is 0. The van der Waals surface area contributed by atoms with Crippen LogP contribution in [-0.2, 0) is 4.43 Å². The zero-order chi connectivity index (χ0) is 8.36. The predicted octanol–water partition coefficient (Wildman–Crippen LogP) is 2.61. The Morgan fingerprint density at radius 2 is 1.82 bits per heavy atom. The molecule has 0 aromatic rings. The maximum absolute atomic E-state index is 4.74. The van der Waals surface area contributed by atoms with Crippen LogP contribution in [-0.4, -0.2) is 17.1 Å². The first-order valence-corrected chi connectivity index (χ1v) is 4.76. The van der Waals surface area contributed by atoms with E-state index in [1.54, 1.807) is 0 Å². The molecular formula is C9H17OSi. The quantitative estimate of drug-likeness (QED) is 0.323. The Bertz CT molecular complexity index is 91.6. The smallest absolute Gasteiger partial charge is 0.246 e. The van der Waals surface area contributed by atoms with E-state index in [2.05, 4.69) is 29.6 Å². The highest BCUT2D eigenvalue weighted by molar-refractivity contribution is 5.97. The topological polar surface area (TPSA) is 9.23 Å². The minimum Gasteiger partial charge on any atom is -0.419 e. The second kappa shape index (κ2) is 9.92. The van der Waals surface area contributed by atoms with E-state index in [1.165, 1.54) is 19.3 Å². The molecule has 0 heterocycles. The fourth-order valence-electron chi connectivity index (χ4n) is 0.831. The zero-order valence-corrected chi connectivity index (χ0v) is 8.31. The predicted molar refractivity (Wildman–Crippen MR) is 49.6 cm³/mol. The van der Waals surface area contributed by atoms with E-state index < -0.39 is 0 Å². The lowest BCUT2D eigenvalue weighted by molar-refractivity contribution is 0.342. The minimum absolute atomic E-state index is 0.801. The van der Waals surface area contributed by atoms with Gasteiger partial charge in [-0.15, -0.1) is 0 Å². The molecule has 11 heavy (non-hydrogen) atoms. The molecule has 0 saturated heterocycles. The van der Waals surface area contributed by atoms with E-state index in [0.717, 1.165) is 19.4 Å². The molecule has 0 atom stereocenters. The fourth-order valence-corrected chi connectivity index (χ4v) is 0.975. The summed E-state index contributed by atoms with van der Waals surface area (Å²) in [7, 11) is 2.96. The Morgan fingerprint density at radius 3 is 2.36 bits per heavy atom. The van der Waals surface area contributed by atoms with Gasteiger partial charge in [-0.25, -0.2) is 0 Å². The second-order valence-corrected chi connectivity index (χ2v) is 2.89. The van der Waals surface area contributed by atoms with Crippen molar-refractivity contribution >= 4 is 10.5 Å². The van der Waals surface area contributed by atoms with Crippen molar-refractivity contribution in [2.75, 3.05) is 6.61 Å². The zero-order valence-electron chi connectivity index (χ0n) is 7.31. The third-order valence-corrected chi connectivity index (χ3v) is 1.71. The molecule has 0 rings (SSSR count). The molecule has 0 unspecified atom stereocenters. The van der Waals surface area contributed by atoms with Gasteiger partial charge in [-0.1, -0.05) is 31.9 Å². The van der Waals surface area contributed by atoms with Crippen LogP contribution in [0.25, 0.3) is 0 Å². The Kier molecular flexibility index (Phi) is 9.84. The van der Waals surface area contributed by atoms with Crippen LogP contribution in [0.15, 0.2) is 12.2 Å². The van der Waals surface area contributed by atoms with Gasteiger partial charge in [0.05, 0.1) is 0 Å². The number of rotatable bonds is 7. The van der Waals surface area contributed by atoms with Gasteiger partial charge in [-0.05, 0) is 19.3 Å². The SMILES string of the molecule is CCCCC=CCCCO[Si]. The first-order valence-electron chi connectivity index (χ1n) is 4.35.